The number of carbonyl (C=O) groups excluding carboxylic acids is 2. The van der Waals surface area contributed by atoms with Crippen molar-refractivity contribution < 1.29 is 9.59 Å². The maximum Gasteiger partial charge on any atom is 0.238 e. The first-order valence-electron chi connectivity index (χ1n) is 9.56. The quantitative estimate of drug-likeness (QED) is 0.894. The molecule has 0 spiro atoms. The molecule has 1 heterocycles. The summed E-state index contributed by atoms with van der Waals surface area (Å²) >= 11 is 0. The zero-order valence-electron chi connectivity index (χ0n) is 15.2. The summed E-state index contributed by atoms with van der Waals surface area (Å²) in [6.07, 6.45) is 5.39. The van der Waals surface area contributed by atoms with Crippen LogP contribution >= 0.6 is 0 Å². The molecule has 1 saturated heterocycles. The van der Waals surface area contributed by atoms with Gasteiger partial charge in [-0.15, -0.1) is 0 Å². The number of amides is 2. The van der Waals surface area contributed by atoms with Crippen LogP contribution in [0.25, 0.3) is 0 Å². The molecule has 136 valence electrons. The third-order valence-electron chi connectivity index (χ3n) is 5.43. The highest BCUT2D eigenvalue weighted by Crippen LogP contribution is 2.26. The standard InChI is InChI=1S/C20H29N3O2/c1-2-16-7-5-6-10-18(16)21-19(24)15-22-11-13-23(14-12-22)20(25)17-8-3-4-9-17/h5-7,10,17H,2-4,8-9,11-15H2,1H3,(H,21,24). The smallest absolute Gasteiger partial charge is 0.238 e. The van der Waals surface area contributed by atoms with Crippen molar-refractivity contribution in [3.8, 4) is 0 Å². The van der Waals surface area contributed by atoms with Gasteiger partial charge < -0.3 is 10.2 Å². The Kier molecular flexibility index (Phi) is 6.08. The van der Waals surface area contributed by atoms with Crippen LogP contribution in [0.5, 0.6) is 0 Å². The second kappa shape index (κ2) is 8.48. The van der Waals surface area contributed by atoms with Gasteiger partial charge in [-0.1, -0.05) is 38.0 Å². The fraction of sp³-hybridized carbons (Fsp3) is 0.600. The lowest BCUT2D eigenvalue weighted by Crippen LogP contribution is -2.51. The summed E-state index contributed by atoms with van der Waals surface area (Å²) in [4.78, 5) is 28.9. The Hall–Kier alpha value is -1.88. The molecule has 1 saturated carbocycles. The Bertz CT molecular complexity index is 603. The van der Waals surface area contributed by atoms with E-state index in [-0.39, 0.29) is 11.8 Å². The summed E-state index contributed by atoms with van der Waals surface area (Å²) in [5.41, 5.74) is 2.06. The monoisotopic (exact) mass is 343 g/mol. The van der Waals surface area contributed by atoms with Crippen molar-refractivity contribution in [1.29, 1.82) is 0 Å². The van der Waals surface area contributed by atoms with Gasteiger partial charge in [-0.05, 0) is 30.9 Å². The molecular weight excluding hydrogens is 314 g/mol. The van der Waals surface area contributed by atoms with Crippen LogP contribution in [0.3, 0.4) is 0 Å². The number of hydrogen-bond acceptors (Lipinski definition) is 3. The Morgan fingerprint density at radius 1 is 1.08 bits per heavy atom. The van der Waals surface area contributed by atoms with E-state index in [0.717, 1.165) is 56.7 Å². The van der Waals surface area contributed by atoms with E-state index in [1.54, 1.807) is 0 Å². The highest BCUT2D eigenvalue weighted by molar-refractivity contribution is 5.93. The molecule has 0 atom stereocenters. The van der Waals surface area contributed by atoms with Crippen molar-refractivity contribution in [2.45, 2.75) is 39.0 Å². The molecule has 1 N–H and O–H groups in total. The number of carbonyl (C=O) groups is 2. The van der Waals surface area contributed by atoms with Crippen LogP contribution in [-0.4, -0.2) is 54.3 Å². The third-order valence-corrected chi connectivity index (χ3v) is 5.43. The van der Waals surface area contributed by atoms with Crippen LogP contribution in [0.1, 0.15) is 38.2 Å². The summed E-state index contributed by atoms with van der Waals surface area (Å²) in [7, 11) is 0. The molecule has 5 heteroatoms. The molecule has 2 aliphatic rings. The average molecular weight is 343 g/mol. The summed E-state index contributed by atoms with van der Waals surface area (Å²) in [5.74, 6) is 0.607. The molecule has 2 amide bonds. The number of rotatable bonds is 5. The van der Waals surface area contributed by atoms with Gasteiger partial charge in [0.2, 0.25) is 11.8 Å². The van der Waals surface area contributed by atoms with E-state index in [0.29, 0.717) is 12.5 Å². The summed E-state index contributed by atoms with van der Waals surface area (Å²) in [6, 6.07) is 7.94. The van der Waals surface area contributed by atoms with Crippen molar-refractivity contribution in [1.82, 2.24) is 9.80 Å². The Morgan fingerprint density at radius 3 is 2.44 bits per heavy atom. The number of benzene rings is 1. The molecule has 1 aromatic carbocycles. The fourth-order valence-electron chi connectivity index (χ4n) is 3.90. The topological polar surface area (TPSA) is 52.7 Å². The van der Waals surface area contributed by atoms with Gasteiger partial charge in [0.15, 0.2) is 0 Å². The lowest BCUT2D eigenvalue weighted by molar-refractivity contribution is -0.137. The van der Waals surface area contributed by atoms with Gasteiger partial charge in [0, 0.05) is 37.8 Å². The molecule has 1 aliphatic carbocycles. The van der Waals surface area contributed by atoms with E-state index in [1.807, 2.05) is 29.2 Å². The second-order valence-electron chi connectivity index (χ2n) is 7.14. The van der Waals surface area contributed by atoms with Crippen molar-refractivity contribution in [3.05, 3.63) is 29.8 Å². The number of hydrogen-bond donors (Lipinski definition) is 1. The molecule has 0 unspecified atom stereocenters. The number of nitrogens with zero attached hydrogens (tertiary/aromatic N) is 2. The minimum Gasteiger partial charge on any atom is -0.340 e. The SMILES string of the molecule is CCc1ccccc1NC(=O)CN1CCN(C(=O)C2CCCC2)CC1. The minimum absolute atomic E-state index is 0.0245. The maximum atomic E-state index is 12.5. The third kappa shape index (κ3) is 4.60. The van der Waals surface area contributed by atoms with E-state index in [1.165, 1.54) is 12.8 Å². The van der Waals surface area contributed by atoms with E-state index < -0.39 is 0 Å². The lowest BCUT2D eigenvalue weighted by atomic mass is 10.1. The zero-order chi connectivity index (χ0) is 17.6. The summed E-state index contributed by atoms with van der Waals surface area (Å²) < 4.78 is 0. The predicted octanol–water partition coefficient (Wildman–Crippen LogP) is 2.52. The number of para-hydroxylation sites is 1. The van der Waals surface area contributed by atoms with Crippen molar-refractivity contribution in [2.24, 2.45) is 5.92 Å². The van der Waals surface area contributed by atoms with Crippen LogP contribution in [-0.2, 0) is 16.0 Å². The molecule has 2 fully saturated rings. The molecule has 25 heavy (non-hydrogen) atoms. The van der Waals surface area contributed by atoms with Crippen molar-refractivity contribution >= 4 is 17.5 Å². The highest BCUT2D eigenvalue weighted by atomic mass is 16.2. The van der Waals surface area contributed by atoms with Gasteiger partial charge >= 0.3 is 0 Å². The van der Waals surface area contributed by atoms with Gasteiger partial charge in [-0.25, -0.2) is 0 Å². The molecule has 0 radical (unpaired) electrons. The molecule has 5 nitrogen and oxygen atoms in total. The normalized spacial score (nSPS) is 19.2. The Labute approximate surface area is 150 Å². The van der Waals surface area contributed by atoms with E-state index in [4.69, 9.17) is 0 Å². The van der Waals surface area contributed by atoms with E-state index >= 15 is 0 Å². The van der Waals surface area contributed by atoms with Crippen LogP contribution in [0.15, 0.2) is 24.3 Å². The average Bonchev–Trinajstić information content (AvgIpc) is 3.17. The molecule has 0 aromatic heterocycles. The van der Waals surface area contributed by atoms with Gasteiger partial charge in [0.05, 0.1) is 6.54 Å². The first-order valence-corrected chi connectivity index (χ1v) is 9.56. The van der Waals surface area contributed by atoms with Gasteiger partial charge in [0.1, 0.15) is 0 Å². The fourth-order valence-corrected chi connectivity index (χ4v) is 3.90. The molecule has 0 bridgehead atoms. The van der Waals surface area contributed by atoms with Crippen molar-refractivity contribution in [3.63, 3.8) is 0 Å². The van der Waals surface area contributed by atoms with Crippen LogP contribution in [0.4, 0.5) is 5.69 Å². The van der Waals surface area contributed by atoms with Crippen molar-refractivity contribution in [2.75, 3.05) is 38.0 Å². The molecular formula is C20H29N3O2. The van der Waals surface area contributed by atoms with Crippen LogP contribution in [0, 0.1) is 5.92 Å². The highest BCUT2D eigenvalue weighted by Gasteiger charge is 2.29. The lowest BCUT2D eigenvalue weighted by Gasteiger charge is -2.35. The maximum absolute atomic E-state index is 12.5. The number of nitrogens with one attached hydrogen (secondary N) is 1. The van der Waals surface area contributed by atoms with Gasteiger partial charge in [-0.3, -0.25) is 14.5 Å². The molecule has 1 aliphatic heterocycles. The van der Waals surface area contributed by atoms with Crippen LogP contribution < -0.4 is 5.32 Å². The summed E-state index contributed by atoms with van der Waals surface area (Å²) in [5, 5.41) is 3.03. The second-order valence-corrected chi connectivity index (χ2v) is 7.14. The largest absolute Gasteiger partial charge is 0.340 e. The number of anilines is 1. The van der Waals surface area contributed by atoms with E-state index in [9.17, 15) is 9.59 Å². The van der Waals surface area contributed by atoms with Gasteiger partial charge in [0.25, 0.3) is 0 Å². The summed E-state index contributed by atoms with van der Waals surface area (Å²) in [6.45, 7) is 5.53. The Morgan fingerprint density at radius 2 is 1.76 bits per heavy atom. The first-order chi connectivity index (χ1) is 12.2. The molecule has 3 rings (SSSR count). The minimum atomic E-state index is 0.0245. The zero-order valence-corrected chi connectivity index (χ0v) is 15.2. The van der Waals surface area contributed by atoms with Gasteiger partial charge in [-0.2, -0.15) is 0 Å². The first kappa shape index (κ1) is 17.9. The number of piperazine rings is 1. The van der Waals surface area contributed by atoms with E-state index in [2.05, 4.69) is 17.1 Å². The van der Waals surface area contributed by atoms with Crippen LogP contribution in [0.2, 0.25) is 0 Å². The Balaban J connectivity index is 1.45. The predicted molar refractivity (Wildman–Crippen MR) is 99.4 cm³/mol. The number of aryl methyl sites for hydroxylation is 1. The molecule has 1 aromatic rings.